The van der Waals surface area contributed by atoms with E-state index >= 15 is 0 Å². The second kappa shape index (κ2) is 24.3. The van der Waals surface area contributed by atoms with E-state index in [1.165, 1.54) is 12.8 Å². The molecule has 0 aliphatic rings. The Hall–Kier alpha value is -2.37. The summed E-state index contributed by atoms with van der Waals surface area (Å²) in [5, 5.41) is 0. The van der Waals surface area contributed by atoms with E-state index < -0.39 is 0 Å². The largest absolute Gasteiger partial charge is 0.451 e. The van der Waals surface area contributed by atoms with Crippen LogP contribution in [0, 0.1) is 0 Å². The first-order valence-electron chi connectivity index (χ1n) is 12.0. The number of oxazole rings is 3. The molecule has 0 bridgehead atoms. The summed E-state index contributed by atoms with van der Waals surface area (Å²) in [6.07, 6.45) is 9.61. The zero-order chi connectivity index (χ0) is 26.7. The molecule has 3 aromatic heterocycles. The van der Waals surface area contributed by atoms with Crippen molar-refractivity contribution in [2.24, 2.45) is 0 Å². The van der Waals surface area contributed by atoms with Crippen LogP contribution in [0.5, 0.6) is 0 Å². The van der Waals surface area contributed by atoms with E-state index in [1.807, 2.05) is 41.5 Å². The Kier molecular flexibility index (Phi) is 31.7. The standard InChI is InChI=1S/3C7H11NO.3C2H6.3CH4/c1-7(2,3)6-4-9-5-8-6;1-7(2,3)6-4-8-5-9-6;1-7(2,3)6-8-4-5-9-6;3*1-2;;;/h3*4-5H,1-3H3;3*1-2H3;3*1H4. The van der Waals surface area contributed by atoms with E-state index in [9.17, 15) is 0 Å². The molecule has 0 spiro atoms. The van der Waals surface area contributed by atoms with Crippen molar-refractivity contribution in [3.63, 3.8) is 0 Å². The van der Waals surface area contributed by atoms with Gasteiger partial charge < -0.3 is 13.3 Å². The van der Waals surface area contributed by atoms with E-state index in [4.69, 9.17) is 13.3 Å². The number of hydrogen-bond donors (Lipinski definition) is 0. The molecule has 0 fully saturated rings. The van der Waals surface area contributed by atoms with Gasteiger partial charge in [0.1, 0.15) is 18.3 Å². The SMILES string of the molecule is C.C.C.CC.CC.CC.CC(C)(C)c1cnco1.CC(C)(C)c1cocn1.CC(C)(C)c1ncco1. The van der Waals surface area contributed by atoms with Gasteiger partial charge in [-0.1, -0.05) is 126 Å². The lowest BCUT2D eigenvalue weighted by atomic mass is 9.93. The van der Waals surface area contributed by atoms with Gasteiger partial charge in [-0.25, -0.2) is 15.0 Å². The van der Waals surface area contributed by atoms with E-state index in [0.29, 0.717) is 0 Å². The molecule has 0 aromatic carbocycles. The summed E-state index contributed by atoms with van der Waals surface area (Å²) in [5.74, 6) is 1.73. The van der Waals surface area contributed by atoms with Gasteiger partial charge in [-0.15, -0.1) is 0 Å². The number of nitrogens with zero attached hydrogens (tertiary/aromatic N) is 3. The molecule has 6 nitrogen and oxygen atoms in total. The average Bonchev–Trinajstić information content (AvgIpc) is 3.55. The zero-order valence-corrected chi connectivity index (χ0v) is 24.0. The first-order chi connectivity index (χ1) is 15.3. The Labute approximate surface area is 225 Å². The molecule has 0 radical (unpaired) electrons. The highest BCUT2D eigenvalue weighted by Gasteiger charge is 2.18. The molecule has 0 aliphatic heterocycles. The van der Waals surface area contributed by atoms with Crippen LogP contribution >= 0.6 is 0 Å². The fourth-order valence-corrected chi connectivity index (χ4v) is 1.76. The van der Waals surface area contributed by atoms with Crippen LogP contribution in [0.25, 0.3) is 0 Å². The summed E-state index contributed by atoms with van der Waals surface area (Å²) in [4.78, 5) is 11.9. The molecule has 36 heavy (non-hydrogen) atoms. The maximum Gasteiger partial charge on any atom is 0.199 e. The van der Waals surface area contributed by atoms with Crippen molar-refractivity contribution in [1.82, 2.24) is 15.0 Å². The third-order valence-corrected chi connectivity index (χ3v) is 3.45. The number of aromatic nitrogens is 3. The van der Waals surface area contributed by atoms with Crippen molar-refractivity contribution in [3.8, 4) is 0 Å². The molecule has 216 valence electrons. The van der Waals surface area contributed by atoms with Gasteiger partial charge in [-0.05, 0) is 0 Å². The van der Waals surface area contributed by atoms with Gasteiger partial charge >= 0.3 is 0 Å². The van der Waals surface area contributed by atoms with Crippen molar-refractivity contribution in [1.29, 1.82) is 0 Å². The van der Waals surface area contributed by atoms with Crippen molar-refractivity contribution >= 4 is 0 Å². The van der Waals surface area contributed by atoms with E-state index in [1.54, 1.807) is 24.9 Å². The molecular formula is C30H63N3O3. The lowest BCUT2D eigenvalue weighted by Gasteiger charge is -2.12. The molecule has 0 saturated heterocycles. The van der Waals surface area contributed by atoms with Gasteiger partial charge in [-0.2, -0.15) is 0 Å². The van der Waals surface area contributed by atoms with Crippen molar-refractivity contribution in [2.75, 3.05) is 0 Å². The summed E-state index contributed by atoms with van der Waals surface area (Å²) in [6.45, 7) is 30.8. The molecule has 3 heterocycles. The van der Waals surface area contributed by atoms with Crippen LogP contribution in [-0.4, -0.2) is 15.0 Å². The third-order valence-electron chi connectivity index (χ3n) is 3.45. The fourth-order valence-electron chi connectivity index (χ4n) is 1.76. The van der Waals surface area contributed by atoms with Gasteiger partial charge in [0.15, 0.2) is 18.7 Å². The Morgan fingerprint density at radius 3 is 1.28 bits per heavy atom. The molecule has 0 amide bonds. The van der Waals surface area contributed by atoms with Gasteiger partial charge in [0.2, 0.25) is 0 Å². The third kappa shape index (κ3) is 22.1. The van der Waals surface area contributed by atoms with Crippen molar-refractivity contribution in [2.45, 2.75) is 142 Å². The highest BCUT2D eigenvalue weighted by molar-refractivity contribution is 5.05. The molecular weight excluding hydrogens is 450 g/mol. The quantitative estimate of drug-likeness (QED) is 0.297. The molecule has 0 unspecified atom stereocenters. The minimum atomic E-state index is 0. The Bertz CT molecular complexity index is 622. The van der Waals surface area contributed by atoms with Crippen LogP contribution in [0.4, 0.5) is 0 Å². The minimum Gasteiger partial charge on any atom is -0.451 e. The van der Waals surface area contributed by atoms with Gasteiger partial charge in [0.25, 0.3) is 0 Å². The molecule has 3 rings (SSSR count). The molecule has 0 saturated carbocycles. The maximum absolute atomic E-state index is 5.09. The number of rotatable bonds is 0. The number of hydrogen-bond acceptors (Lipinski definition) is 6. The van der Waals surface area contributed by atoms with Crippen LogP contribution in [-0.2, 0) is 16.2 Å². The second-order valence-electron chi connectivity index (χ2n) is 9.33. The Morgan fingerprint density at radius 1 is 0.611 bits per heavy atom. The van der Waals surface area contributed by atoms with Crippen LogP contribution in [0.2, 0.25) is 0 Å². The summed E-state index contributed by atoms with van der Waals surface area (Å²) in [6, 6.07) is 0. The summed E-state index contributed by atoms with van der Waals surface area (Å²) >= 11 is 0. The summed E-state index contributed by atoms with van der Waals surface area (Å²) in [7, 11) is 0. The van der Waals surface area contributed by atoms with Crippen LogP contribution in [0.15, 0.2) is 51.0 Å². The lowest BCUT2D eigenvalue weighted by molar-refractivity contribution is 0.392. The zero-order valence-electron chi connectivity index (χ0n) is 24.0. The Balaban J connectivity index is -0.0000000816. The predicted molar refractivity (Wildman–Crippen MR) is 160 cm³/mol. The normalized spacial score (nSPS) is 9.42. The minimum absolute atomic E-state index is 0. The van der Waals surface area contributed by atoms with Gasteiger partial charge in [0.05, 0.1) is 18.1 Å². The van der Waals surface area contributed by atoms with Crippen molar-refractivity contribution in [3.05, 3.63) is 55.1 Å². The summed E-state index contributed by atoms with van der Waals surface area (Å²) < 4.78 is 15.0. The van der Waals surface area contributed by atoms with E-state index in [2.05, 4.69) is 77.3 Å². The monoisotopic (exact) mass is 513 g/mol. The topological polar surface area (TPSA) is 78.1 Å². The summed E-state index contributed by atoms with van der Waals surface area (Å²) in [5.41, 5.74) is 1.26. The van der Waals surface area contributed by atoms with Crippen LogP contribution in [0.1, 0.15) is 143 Å². The first-order valence-corrected chi connectivity index (χ1v) is 12.0. The highest BCUT2D eigenvalue weighted by Crippen LogP contribution is 2.21. The van der Waals surface area contributed by atoms with Crippen LogP contribution < -0.4 is 0 Å². The molecule has 3 aromatic rings. The van der Waals surface area contributed by atoms with Crippen molar-refractivity contribution < 1.29 is 13.3 Å². The lowest BCUT2D eigenvalue weighted by Crippen LogP contribution is -2.10. The van der Waals surface area contributed by atoms with E-state index in [0.717, 1.165) is 17.3 Å². The predicted octanol–water partition coefficient (Wildman–Crippen LogP) is 10.9. The molecule has 0 atom stereocenters. The second-order valence-corrected chi connectivity index (χ2v) is 9.33. The molecule has 0 aliphatic carbocycles. The van der Waals surface area contributed by atoms with Gasteiger partial charge in [0, 0.05) is 16.2 Å². The molecule has 6 heteroatoms. The fraction of sp³-hybridized carbons (Fsp3) is 0.700. The average molecular weight is 514 g/mol. The van der Waals surface area contributed by atoms with E-state index in [-0.39, 0.29) is 38.5 Å². The smallest absolute Gasteiger partial charge is 0.199 e. The first kappa shape index (κ1) is 46.9. The molecule has 0 N–H and O–H groups in total. The Morgan fingerprint density at radius 2 is 1.11 bits per heavy atom. The van der Waals surface area contributed by atoms with Crippen LogP contribution in [0.3, 0.4) is 0 Å². The van der Waals surface area contributed by atoms with Gasteiger partial charge in [-0.3, -0.25) is 0 Å². The maximum atomic E-state index is 5.09. The highest BCUT2D eigenvalue weighted by atomic mass is 16.3.